The molecule has 1 aliphatic heterocycles. The number of aliphatic imine (C=N–C) groups is 1. The number of hydrogen-bond acceptors (Lipinski definition) is 4. The van der Waals surface area contributed by atoms with Gasteiger partial charge in [0.05, 0.1) is 32.4 Å². The van der Waals surface area contributed by atoms with Crippen molar-refractivity contribution in [2.45, 2.75) is 13.0 Å². The molecule has 0 bridgehead atoms. The van der Waals surface area contributed by atoms with E-state index in [-0.39, 0.29) is 35.8 Å². The Balaban J connectivity index is 0.00000338. The SMILES string of the molecule is CCNC(=NCC(c1ccc(F)cc1)N1CCOCC1)NCCOC.I. The second kappa shape index (κ2) is 13.2. The lowest BCUT2D eigenvalue weighted by atomic mass is 10.0. The minimum Gasteiger partial charge on any atom is -0.383 e. The van der Waals surface area contributed by atoms with Crippen LogP contribution < -0.4 is 10.6 Å². The van der Waals surface area contributed by atoms with E-state index < -0.39 is 0 Å². The normalized spacial score (nSPS) is 16.7. The summed E-state index contributed by atoms with van der Waals surface area (Å²) in [6, 6.07) is 6.80. The van der Waals surface area contributed by atoms with Crippen molar-refractivity contribution >= 4 is 29.9 Å². The van der Waals surface area contributed by atoms with Crippen molar-refractivity contribution in [1.82, 2.24) is 15.5 Å². The predicted molar refractivity (Wildman–Crippen MR) is 113 cm³/mol. The van der Waals surface area contributed by atoms with Crippen LogP contribution in [-0.2, 0) is 9.47 Å². The molecule has 2 rings (SSSR count). The second-order valence-electron chi connectivity index (χ2n) is 5.85. The number of hydrogen-bond donors (Lipinski definition) is 2. The summed E-state index contributed by atoms with van der Waals surface area (Å²) in [5.74, 6) is 0.544. The first-order valence-corrected chi connectivity index (χ1v) is 8.83. The Morgan fingerprint density at radius 2 is 1.96 bits per heavy atom. The molecule has 1 aliphatic rings. The summed E-state index contributed by atoms with van der Waals surface area (Å²) >= 11 is 0. The van der Waals surface area contributed by atoms with Crippen molar-refractivity contribution in [2.75, 3.05) is 59.7 Å². The smallest absolute Gasteiger partial charge is 0.191 e. The van der Waals surface area contributed by atoms with Gasteiger partial charge in [0.2, 0.25) is 0 Å². The van der Waals surface area contributed by atoms with E-state index in [1.54, 1.807) is 7.11 Å². The van der Waals surface area contributed by atoms with Gasteiger partial charge < -0.3 is 20.1 Å². The molecule has 8 heteroatoms. The summed E-state index contributed by atoms with van der Waals surface area (Å²) in [7, 11) is 1.68. The molecular weight excluding hydrogens is 450 g/mol. The van der Waals surface area contributed by atoms with Crippen LogP contribution in [0.25, 0.3) is 0 Å². The van der Waals surface area contributed by atoms with Crippen LogP contribution in [0.15, 0.2) is 29.3 Å². The number of nitrogens with zero attached hydrogens (tertiary/aromatic N) is 2. The van der Waals surface area contributed by atoms with Gasteiger partial charge in [0.1, 0.15) is 5.82 Å². The van der Waals surface area contributed by atoms with E-state index >= 15 is 0 Å². The molecule has 6 nitrogen and oxygen atoms in total. The van der Waals surface area contributed by atoms with E-state index in [4.69, 9.17) is 14.5 Å². The fraction of sp³-hybridized carbons (Fsp3) is 0.611. The number of benzene rings is 1. The lowest BCUT2D eigenvalue weighted by Crippen LogP contribution is -2.42. The van der Waals surface area contributed by atoms with E-state index in [0.717, 1.165) is 31.2 Å². The number of rotatable bonds is 8. The first kappa shape index (κ1) is 23.1. The maximum atomic E-state index is 13.3. The van der Waals surface area contributed by atoms with E-state index in [9.17, 15) is 4.39 Å². The molecule has 148 valence electrons. The molecule has 1 heterocycles. The Hall–Kier alpha value is -0.970. The Bertz CT molecular complexity index is 524. The van der Waals surface area contributed by atoms with Gasteiger partial charge in [-0.1, -0.05) is 12.1 Å². The zero-order chi connectivity index (χ0) is 17.9. The van der Waals surface area contributed by atoms with Crippen LogP contribution in [0, 0.1) is 5.82 Å². The molecular formula is C18H30FIN4O2. The predicted octanol–water partition coefficient (Wildman–Crippen LogP) is 2.02. The molecule has 0 spiro atoms. The van der Waals surface area contributed by atoms with Gasteiger partial charge in [-0.25, -0.2) is 4.39 Å². The highest BCUT2D eigenvalue weighted by Gasteiger charge is 2.22. The molecule has 2 N–H and O–H groups in total. The number of morpholine rings is 1. The molecule has 0 saturated carbocycles. The lowest BCUT2D eigenvalue weighted by Gasteiger charge is -2.34. The molecule has 1 unspecified atom stereocenters. The van der Waals surface area contributed by atoms with Crippen LogP contribution in [-0.4, -0.2) is 70.5 Å². The summed E-state index contributed by atoms with van der Waals surface area (Å²) in [5, 5.41) is 6.49. The van der Waals surface area contributed by atoms with E-state index in [0.29, 0.717) is 32.9 Å². The summed E-state index contributed by atoms with van der Waals surface area (Å²) in [5.41, 5.74) is 1.07. The van der Waals surface area contributed by atoms with Gasteiger partial charge in [-0.2, -0.15) is 0 Å². The van der Waals surface area contributed by atoms with Crippen molar-refractivity contribution < 1.29 is 13.9 Å². The highest BCUT2D eigenvalue weighted by atomic mass is 127. The summed E-state index contributed by atoms with van der Waals surface area (Å²) in [4.78, 5) is 7.07. The van der Waals surface area contributed by atoms with Gasteiger partial charge in [-0.15, -0.1) is 24.0 Å². The van der Waals surface area contributed by atoms with Gasteiger partial charge in [-0.3, -0.25) is 9.89 Å². The van der Waals surface area contributed by atoms with Gasteiger partial charge in [0, 0.05) is 33.3 Å². The van der Waals surface area contributed by atoms with Crippen molar-refractivity contribution in [2.24, 2.45) is 4.99 Å². The molecule has 26 heavy (non-hydrogen) atoms. The molecule has 1 atom stereocenters. The van der Waals surface area contributed by atoms with Crippen LogP contribution in [0.1, 0.15) is 18.5 Å². The summed E-state index contributed by atoms with van der Waals surface area (Å²) in [6.07, 6.45) is 0. The second-order valence-corrected chi connectivity index (χ2v) is 5.85. The van der Waals surface area contributed by atoms with Crippen LogP contribution in [0.2, 0.25) is 0 Å². The first-order chi connectivity index (χ1) is 12.2. The molecule has 0 radical (unpaired) electrons. The maximum absolute atomic E-state index is 13.3. The van der Waals surface area contributed by atoms with Crippen LogP contribution >= 0.6 is 24.0 Å². The van der Waals surface area contributed by atoms with Gasteiger partial charge in [0.15, 0.2) is 5.96 Å². The molecule has 1 aromatic rings. The van der Waals surface area contributed by atoms with Crippen LogP contribution in [0.5, 0.6) is 0 Å². The zero-order valence-corrected chi connectivity index (χ0v) is 17.9. The minimum absolute atomic E-state index is 0. The maximum Gasteiger partial charge on any atom is 0.191 e. The molecule has 1 saturated heterocycles. The summed E-state index contributed by atoms with van der Waals surface area (Å²) < 4.78 is 23.8. The van der Waals surface area contributed by atoms with Crippen LogP contribution in [0.3, 0.4) is 0 Å². The third-order valence-corrected chi connectivity index (χ3v) is 4.11. The number of halogens is 2. The highest BCUT2D eigenvalue weighted by Crippen LogP contribution is 2.22. The third kappa shape index (κ3) is 7.73. The quantitative estimate of drug-likeness (QED) is 0.258. The van der Waals surface area contributed by atoms with Crippen molar-refractivity contribution in [3.05, 3.63) is 35.6 Å². The fourth-order valence-electron chi connectivity index (χ4n) is 2.80. The fourth-order valence-corrected chi connectivity index (χ4v) is 2.80. The Morgan fingerprint density at radius 3 is 2.58 bits per heavy atom. The van der Waals surface area contributed by atoms with E-state index in [2.05, 4.69) is 15.5 Å². The monoisotopic (exact) mass is 480 g/mol. The third-order valence-electron chi connectivity index (χ3n) is 4.11. The first-order valence-electron chi connectivity index (χ1n) is 8.83. The number of nitrogens with one attached hydrogen (secondary N) is 2. The van der Waals surface area contributed by atoms with Crippen LogP contribution in [0.4, 0.5) is 4.39 Å². The molecule has 0 aliphatic carbocycles. The average Bonchev–Trinajstić information content (AvgIpc) is 2.64. The topological polar surface area (TPSA) is 58.1 Å². The van der Waals surface area contributed by atoms with Gasteiger partial charge in [-0.05, 0) is 24.6 Å². The largest absolute Gasteiger partial charge is 0.383 e. The lowest BCUT2D eigenvalue weighted by molar-refractivity contribution is 0.0179. The highest BCUT2D eigenvalue weighted by molar-refractivity contribution is 14.0. The van der Waals surface area contributed by atoms with E-state index in [1.165, 1.54) is 12.1 Å². The minimum atomic E-state index is -0.220. The van der Waals surface area contributed by atoms with Crippen molar-refractivity contribution in [3.8, 4) is 0 Å². The number of guanidine groups is 1. The number of ether oxygens (including phenoxy) is 2. The molecule has 1 aromatic carbocycles. The van der Waals surface area contributed by atoms with E-state index in [1.807, 2.05) is 19.1 Å². The molecule has 0 aromatic heterocycles. The molecule has 1 fully saturated rings. The zero-order valence-electron chi connectivity index (χ0n) is 15.5. The Labute approximate surface area is 172 Å². The Morgan fingerprint density at radius 1 is 1.27 bits per heavy atom. The Kier molecular flexibility index (Phi) is 11.7. The van der Waals surface area contributed by atoms with Crippen molar-refractivity contribution in [3.63, 3.8) is 0 Å². The summed E-state index contributed by atoms with van der Waals surface area (Å²) in [6.45, 7) is 7.87. The average molecular weight is 480 g/mol. The van der Waals surface area contributed by atoms with Gasteiger partial charge in [0.25, 0.3) is 0 Å². The van der Waals surface area contributed by atoms with Gasteiger partial charge >= 0.3 is 0 Å². The van der Waals surface area contributed by atoms with Crippen molar-refractivity contribution in [1.29, 1.82) is 0 Å². The standard InChI is InChI=1S/C18H29FN4O2.HI/c1-3-20-18(21-8-11-24-2)22-14-17(23-9-12-25-13-10-23)15-4-6-16(19)7-5-15;/h4-7,17H,3,8-14H2,1-2H3,(H2,20,21,22);1H. The number of methoxy groups -OCH3 is 1. The molecule has 0 amide bonds.